The summed E-state index contributed by atoms with van der Waals surface area (Å²) in [4.78, 5) is 12.9. The summed E-state index contributed by atoms with van der Waals surface area (Å²) in [6.07, 6.45) is 3.92. The van der Waals surface area contributed by atoms with Gasteiger partial charge in [-0.05, 0) is 49.9 Å². The number of pyridine rings is 1. The van der Waals surface area contributed by atoms with Gasteiger partial charge in [0.05, 0.1) is 17.6 Å². The van der Waals surface area contributed by atoms with Crippen LogP contribution in [-0.2, 0) is 6.54 Å². The van der Waals surface area contributed by atoms with Gasteiger partial charge < -0.3 is 10.3 Å². The van der Waals surface area contributed by atoms with Crippen LogP contribution in [0, 0.1) is 27.7 Å². The largest absolute Gasteiger partial charge is 0.368 e. The van der Waals surface area contributed by atoms with Gasteiger partial charge in [0.2, 0.25) is 5.95 Å². The summed E-state index contributed by atoms with van der Waals surface area (Å²) in [5, 5.41) is 1.24. The maximum atomic E-state index is 6.20. The average molecular weight is 406 g/mol. The Bertz CT molecular complexity index is 884. The third-order valence-corrected chi connectivity index (χ3v) is 4.47. The van der Waals surface area contributed by atoms with Crippen LogP contribution in [0.25, 0.3) is 11.0 Å². The Kier molecular flexibility index (Phi) is 11.4. The number of hydrogen-bond acceptors (Lipinski definition) is 4. The molecule has 6 heteroatoms. The number of aromatic nitrogens is 4. The minimum Gasteiger partial charge on any atom is -0.368 e. The van der Waals surface area contributed by atoms with Crippen LogP contribution >= 0.6 is 11.6 Å². The zero-order valence-electron chi connectivity index (χ0n) is 19.1. The summed E-state index contributed by atoms with van der Waals surface area (Å²) >= 11 is 6.20. The van der Waals surface area contributed by atoms with E-state index in [1.807, 2.05) is 65.4 Å². The highest BCUT2D eigenvalue weighted by Gasteiger charge is 2.14. The first kappa shape index (κ1) is 25.9. The first-order valence-electron chi connectivity index (χ1n) is 10.1. The third kappa shape index (κ3) is 5.68. The van der Waals surface area contributed by atoms with E-state index in [1.54, 1.807) is 0 Å². The molecule has 0 fully saturated rings. The number of fused-ring (bicyclic) bond motifs is 1. The topological polar surface area (TPSA) is 69.6 Å². The number of rotatable bonds is 2. The quantitative estimate of drug-likeness (QED) is 0.499. The van der Waals surface area contributed by atoms with E-state index >= 15 is 0 Å². The molecular weight excluding hydrogens is 370 g/mol. The SMILES string of the molecule is CC.CC.CC.Cc1cnc(Cn2cc(C)c3c(Cl)nc(N)nc32)c(C)c1C. The van der Waals surface area contributed by atoms with Crippen molar-refractivity contribution in [3.63, 3.8) is 0 Å². The lowest BCUT2D eigenvalue weighted by atomic mass is 10.0. The van der Waals surface area contributed by atoms with Crippen LogP contribution in [0.4, 0.5) is 5.95 Å². The van der Waals surface area contributed by atoms with Crippen LogP contribution in [-0.4, -0.2) is 19.5 Å². The Morgan fingerprint density at radius 3 is 2.04 bits per heavy atom. The normalized spacial score (nSPS) is 9.54. The summed E-state index contributed by atoms with van der Waals surface area (Å²) in [5.41, 5.74) is 12.2. The summed E-state index contributed by atoms with van der Waals surface area (Å²) in [6, 6.07) is 0. The standard InChI is InChI=1S/C16H18ClN5.3C2H6/c1-8-5-19-12(11(4)10(8)3)7-22-6-9(2)13-14(17)20-16(18)21-15(13)22;3*1-2/h5-6H,7H2,1-4H3,(H2,18,20,21);3*1-2H3. The van der Waals surface area contributed by atoms with Crippen LogP contribution < -0.4 is 5.73 Å². The average Bonchev–Trinajstić information content (AvgIpc) is 3.02. The molecule has 2 N–H and O–H groups in total. The minimum absolute atomic E-state index is 0.182. The Balaban J connectivity index is 0.00000111. The zero-order valence-corrected chi connectivity index (χ0v) is 19.9. The molecule has 0 aliphatic carbocycles. The number of anilines is 1. The van der Waals surface area contributed by atoms with Crippen molar-refractivity contribution in [2.75, 3.05) is 5.73 Å². The highest BCUT2D eigenvalue weighted by molar-refractivity contribution is 6.34. The molecule has 0 aliphatic rings. The summed E-state index contributed by atoms with van der Waals surface area (Å²) in [7, 11) is 0. The van der Waals surface area contributed by atoms with Crippen molar-refractivity contribution < 1.29 is 0 Å². The van der Waals surface area contributed by atoms with E-state index < -0.39 is 0 Å². The van der Waals surface area contributed by atoms with Crippen molar-refractivity contribution in [3.05, 3.63) is 45.5 Å². The summed E-state index contributed by atoms with van der Waals surface area (Å²) < 4.78 is 2.03. The number of nitrogens with zero attached hydrogens (tertiary/aromatic N) is 4. The molecular formula is C22H36ClN5. The van der Waals surface area contributed by atoms with Gasteiger partial charge in [0.25, 0.3) is 0 Å². The lowest BCUT2D eigenvalue weighted by molar-refractivity contribution is 0.784. The fourth-order valence-corrected chi connectivity index (χ4v) is 2.99. The third-order valence-electron chi connectivity index (χ3n) is 4.20. The molecule has 0 atom stereocenters. The van der Waals surface area contributed by atoms with Crippen molar-refractivity contribution in [1.29, 1.82) is 0 Å². The molecule has 5 nitrogen and oxygen atoms in total. The van der Waals surface area contributed by atoms with E-state index in [0.717, 1.165) is 22.3 Å². The van der Waals surface area contributed by atoms with E-state index in [1.165, 1.54) is 16.7 Å². The van der Waals surface area contributed by atoms with Gasteiger partial charge in [-0.15, -0.1) is 0 Å². The monoisotopic (exact) mass is 405 g/mol. The smallest absolute Gasteiger partial charge is 0.223 e. The van der Waals surface area contributed by atoms with Gasteiger partial charge >= 0.3 is 0 Å². The number of nitrogen functional groups attached to an aromatic ring is 1. The molecule has 3 heterocycles. The Labute approximate surface area is 175 Å². The van der Waals surface area contributed by atoms with Crippen LogP contribution in [0.15, 0.2) is 12.4 Å². The van der Waals surface area contributed by atoms with Crippen LogP contribution in [0.1, 0.15) is 69.5 Å². The molecule has 0 bridgehead atoms. The van der Waals surface area contributed by atoms with Crippen molar-refractivity contribution in [2.45, 2.75) is 75.8 Å². The van der Waals surface area contributed by atoms with Gasteiger partial charge in [-0.1, -0.05) is 53.1 Å². The maximum Gasteiger partial charge on any atom is 0.223 e. The molecule has 0 radical (unpaired) electrons. The second-order valence-electron chi connectivity index (χ2n) is 5.65. The highest BCUT2D eigenvalue weighted by Crippen LogP contribution is 2.27. The second kappa shape index (κ2) is 12.3. The van der Waals surface area contributed by atoms with E-state index in [0.29, 0.717) is 11.7 Å². The summed E-state index contributed by atoms with van der Waals surface area (Å²) in [6.45, 7) is 20.9. The number of nitrogens with two attached hydrogens (primary N) is 1. The molecule has 3 rings (SSSR count). The van der Waals surface area contributed by atoms with E-state index in [4.69, 9.17) is 17.3 Å². The predicted molar refractivity (Wildman–Crippen MR) is 123 cm³/mol. The van der Waals surface area contributed by atoms with Gasteiger partial charge in [0.1, 0.15) is 10.8 Å². The fraction of sp³-hybridized carbons (Fsp3) is 0.500. The molecule has 0 aliphatic heterocycles. The predicted octanol–water partition coefficient (Wildman–Crippen LogP) is 6.42. The second-order valence-corrected chi connectivity index (χ2v) is 6.01. The molecule has 3 aromatic heterocycles. The number of aryl methyl sites for hydroxylation is 2. The van der Waals surface area contributed by atoms with Crippen molar-refractivity contribution in [1.82, 2.24) is 19.5 Å². The summed E-state index contributed by atoms with van der Waals surface area (Å²) in [5.74, 6) is 0.182. The molecule has 28 heavy (non-hydrogen) atoms. The lowest BCUT2D eigenvalue weighted by Gasteiger charge is -2.11. The zero-order chi connectivity index (χ0) is 22.0. The van der Waals surface area contributed by atoms with Gasteiger partial charge in [0, 0.05) is 12.4 Å². The Morgan fingerprint density at radius 2 is 1.46 bits per heavy atom. The van der Waals surface area contributed by atoms with Crippen LogP contribution in [0.2, 0.25) is 5.15 Å². The van der Waals surface area contributed by atoms with E-state index in [2.05, 4.69) is 35.7 Å². The van der Waals surface area contributed by atoms with Gasteiger partial charge in [-0.2, -0.15) is 4.98 Å². The Morgan fingerprint density at radius 1 is 0.893 bits per heavy atom. The highest BCUT2D eigenvalue weighted by atomic mass is 35.5. The van der Waals surface area contributed by atoms with E-state index in [-0.39, 0.29) is 5.95 Å². The van der Waals surface area contributed by atoms with Crippen molar-refractivity contribution in [3.8, 4) is 0 Å². The first-order valence-corrected chi connectivity index (χ1v) is 10.5. The van der Waals surface area contributed by atoms with Crippen molar-refractivity contribution >= 4 is 28.6 Å². The van der Waals surface area contributed by atoms with E-state index in [9.17, 15) is 0 Å². The van der Waals surface area contributed by atoms with Crippen LogP contribution in [0.3, 0.4) is 0 Å². The number of hydrogen-bond donors (Lipinski definition) is 1. The molecule has 0 unspecified atom stereocenters. The molecule has 0 spiro atoms. The van der Waals surface area contributed by atoms with Gasteiger partial charge in [-0.3, -0.25) is 4.98 Å². The first-order chi connectivity index (χ1) is 13.4. The minimum atomic E-state index is 0.182. The van der Waals surface area contributed by atoms with Crippen molar-refractivity contribution in [2.24, 2.45) is 0 Å². The molecule has 156 valence electrons. The van der Waals surface area contributed by atoms with Gasteiger partial charge in [0.15, 0.2) is 0 Å². The molecule has 0 amide bonds. The molecule has 0 aromatic carbocycles. The molecule has 0 saturated carbocycles. The lowest BCUT2D eigenvalue weighted by Crippen LogP contribution is -2.06. The Hall–Kier alpha value is -2.14. The fourth-order valence-electron chi connectivity index (χ4n) is 2.67. The number of halogens is 1. The van der Waals surface area contributed by atoms with Gasteiger partial charge in [-0.25, -0.2) is 4.98 Å². The molecule has 0 saturated heterocycles. The molecule has 3 aromatic rings. The maximum absolute atomic E-state index is 6.20. The van der Waals surface area contributed by atoms with Crippen LogP contribution in [0.5, 0.6) is 0 Å².